The van der Waals surface area contributed by atoms with Gasteiger partial charge in [-0.05, 0) is 31.7 Å². The molecule has 26 heavy (non-hydrogen) atoms. The van der Waals surface area contributed by atoms with Crippen molar-refractivity contribution < 1.29 is 22.8 Å². The van der Waals surface area contributed by atoms with Gasteiger partial charge in [0.1, 0.15) is 11.4 Å². The molecule has 2 fully saturated rings. The zero-order valence-electron chi connectivity index (χ0n) is 13.8. The standard InChI is InChI=1S/C16H18ClF3N4O2/c17-11-7-10(16(18,19)20)8-22-12(11)24-5-1-9(2-6-24)13(25)23-15(3-4-15)14(21)26/h7-9H,1-6H2,(H2,21,26)(H,23,25). The molecule has 0 aromatic carbocycles. The first kappa shape index (κ1) is 18.8. The Morgan fingerprint density at radius 3 is 2.38 bits per heavy atom. The van der Waals surface area contributed by atoms with Gasteiger partial charge in [-0.1, -0.05) is 11.6 Å². The summed E-state index contributed by atoms with van der Waals surface area (Å²) in [6.45, 7) is 0.861. The van der Waals surface area contributed by atoms with Crippen LogP contribution < -0.4 is 16.0 Å². The molecule has 3 rings (SSSR count). The molecule has 1 aromatic heterocycles. The van der Waals surface area contributed by atoms with E-state index in [1.165, 1.54) is 0 Å². The summed E-state index contributed by atoms with van der Waals surface area (Å²) in [6, 6.07) is 0.854. The Morgan fingerprint density at radius 2 is 1.92 bits per heavy atom. The van der Waals surface area contributed by atoms with Gasteiger partial charge in [-0.2, -0.15) is 13.2 Å². The molecule has 0 bridgehead atoms. The average Bonchev–Trinajstić information content (AvgIpc) is 3.35. The van der Waals surface area contributed by atoms with Gasteiger partial charge in [-0.3, -0.25) is 9.59 Å². The van der Waals surface area contributed by atoms with Gasteiger partial charge < -0.3 is 16.0 Å². The molecule has 1 saturated heterocycles. The van der Waals surface area contributed by atoms with E-state index >= 15 is 0 Å². The quantitative estimate of drug-likeness (QED) is 0.824. The number of piperidine rings is 1. The number of pyridine rings is 1. The molecule has 1 aliphatic carbocycles. The summed E-state index contributed by atoms with van der Waals surface area (Å²) in [7, 11) is 0. The highest BCUT2D eigenvalue weighted by Crippen LogP contribution is 2.37. The van der Waals surface area contributed by atoms with Gasteiger partial charge in [-0.25, -0.2) is 4.98 Å². The summed E-state index contributed by atoms with van der Waals surface area (Å²) in [6.07, 6.45) is -1.67. The predicted molar refractivity (Wildman–Crippen MR) is 88.5 cm³/mol. The molecule has 0 unspecified atom stereocenters. The topological polar surface area (TPSA) is 88.3 Å². The molecule has 2 heterocycles. The van der Waals surface area contributed by atoms with Crippen molar-refractivity contribution in [1.29, 1.82) is 0 Å². The van der Waals surface area contributed by atoms with E-state index in [-0.39, 0.29) is 22.7 Å². The molecule has 0 spiro atoms. The Morgan fingerprint density at radius 1 is 1.31 bits per heavy atom. The molecule has 3 N–H and O–H groups in total. The van der Waals surface area contributed by atoms with Crippen molar-refractivity contribution in [3.8, 4) is 0 Å². The van der Waals surface area contributed by atoms with Crippen molar-refractivity contribution in [3.05, 3.63) is 22.8 Å². The van der Waals surface area contributed by atoms with Crippen LogP contribution in [0.3, 0.4) is 0 Å². The van der Waals surface area contributed by atoms with Gasteiger partial charge in [0.25, 0.3) is 0 Å². The highest BCUT2D eigenvalue weighted by molar-refractivity contribution is 6.33. The van der Waals surface area contributed by atoms with Crippen LogP contribution in [0.4, 0.5) is 19.0 Å². The molecule has 2 aliphatic rings. The minimum Gasteiger partial charge on any atom is -0.368 e. The number of alkyl halides is 3. The molecule has 1 saturated carbocycles. The molecule has 142 valence electrons. The second-order valence-electron chi connectivity index (χ2n) is 6.72. The van der Waals surface area contributed by atoms with Crippen LogP contribution in [0.15, 0.2) is 12.3 Å². The fourth-order valence-electron chi connectivity index (χ4n) is 3.07. The first-order chi connectivity index (χ1) is 12.1. The summed E-state index contributed by atoms with van der Waals surface area (Å²) in [4.78, 5) is 29.3. The number of anilines is 1. The third-order valence-electron chi connectivity index (χ3n) is 4.90. The molecule has 10 heteroatoms. The normalized spacial score (nSPS) is 19.9. The molecule has 1 aliphatic heterocycles. The lowest BCUT2D eigenvalue weighted by atomic mass is 9.95. The van der Waals surface area contributed by atoms with E-state index in [0.717, 1.165) is 12.3 Å². The number of hydrogen-bond acceptors (Lipinski definition) is 4. The fourth-order valence-corrected chi connectivity index (χ4v) is 3.35. The first-order valence-electron chi connectivity index (χ1n) is 8.22. The number of nitrogens with two attached hydrogens (primary N) is 1. The van der Waals surface area contributed by atoms with Gasteiger partial charge >= 0.3 is 6.18 Å². The first-order valence-corrected chi connectivity index (χ1v) is 8.60. The van der Waals surface area contributed by atoms with Crippen molar-refractivity contribution in [2.45, 2.75) is 37.4 Å². The van der Waals surface area contributed by atoms with E-state index in [9.17, 15) is 22.8 Å². The molecule has 0 atom stereocenters. The van der Waals surface area contributed by atoms with Crippen molar-refractivity contribution in [1.82, 2.24) is 10.3 Å². The average molecular weight is 391 g/mol. The monoisotopic (exact) mass is 390 g/mol. The van der Waals surface area contributed by atoms with Crippen molar-refractivity contribution in [3.63, 3.8) is 0 Å². The van der Waals surface area contributed by atoms with E-state index in [0.29, 0.717) is 38.8 Å². The number of aromatic nitrogens is 1. The van der Waals surface area contributed by atoms with Crippen LogP contribution in [0.2, 0.25) is 5.02 Å². The second-order valence-corrected chi connectivity index (χ2v) is 7.13. The van der Waals surface area contributed by atoms with E-state index in [4.69, 9.17) is 17.3 Å². The van der Waals surface area contributed by atoms with Gasteiger partial charge in [-0.15, -0.1) is 0 Å². The lowest BCUT2D eigenvalue weighted by Gasteiger charge is -2.33. The van der Waals surface area contributed by atoms with Crippen molar-refractivity contribution in [2.24, 2.45) is 11.7 Å². The number of carbonyl (C=O) groups excluding carboxylic acids is 2. The SMILES string of the molecule is NC(=O)C1(NC(=O)C2CCN(c3ncc(C(F)(F)F)cc3Cl)CC2)CC1. The largest absolute Gasteiger partial charge is 0.417 e. The summed E-state index contributed by atoms with van der Waals surface area (Å²) in [5, 5.41) is 2.65. The number of nitrogens with zero attached hydrogens (tertiary/aromatic N) is 2. The predicted octanol–water partition coefficient (Wildman–Crippen LogP) is 2.10. The van der Waals surface area contributed by atoms with Crippen LogP contribution in [0.5, 0.6) is 0 Å². The fraction of sp³-hybridized carbons (Fsp3) is 0.562. The molecule has 6 nitrogen and oxygen atoms in total. The molecular weight excluding hydrogens is 373 g/mol. The van der Waals surface area contributed by atoms with E-state index in [1.54, 1.807) is 4.90 Å². The minimum absolute atomic E-state index is 0.0756. The van der Waals surface area contributed by atoms with Gasteiger partial charge in [0.2, 0.25) is 11.8 Å². The number of nitrogens with one attached hydrogen (secondary N) is 1. The number of primary amides is 1. The van der Waals surface area contributed by atoms with Crippen molar-refractivity contribution in [2.75, 3.05) is 18.0 Å². The second kappa shape index (κ2) is 6.61. The Balaban J connectivity index is 1.60. The smallest absolute Gasteiger partial charge is 0.368 e. The van der Waals surface area contributed by atoms with Crippen LogP contribution in [0.1, 0.15) is 31.2 Å². The van der Waals surface area contributed by atoms with Crippen LogP contribution in [0, 0.1) is 5.92 Å². The Kier molecular flexibility index (Phi) is 4.76. The third-order valence-corrected chi connectivity index (χ3v) is 5.18. The van der Waals surface area contributed by atoms with E-state index in [2.05, 4.69) is 10.3 Å². The number of halogens is 4. The maximum absolute atomic E-state index is 12.7. The van der Waals surface area contributed by atoms with Gasteiger partial charge in [0.15, 0.2) is 0 Å². The summed E-state index contributed by atoms with van der Waals surface area (Å²) in [5.41, 5.74) is 3.51. The van der Waals surface area contributed by atoms with Crippen LogP contribution in [-0.4, -0.2) is 35.4 Å². The minimum atomic E-state index is -4.50. The highest BCUT2D eigenvalue weighted by atomic mass is 35.5. The van der Waals surface area contributed by atoms with Gasteiger partial charge in [0, 0.05) is 25.2 Å². The van der Waals surface area contributed by atoms with Crippen LogP contribution in [0.25, 0.3) is 0 Å². The van der Waals surface area contributed by atoms with Gasteiger partial charge in [0.05, 0.1) is 10.6 Å². The maximum Gasteiger partial charge on any atom is 0.417 e. The lowest BCUT2D eigenvalue weighted by Crippen LogP contribution is -2.50. The van der Waals surface area contributed by atoms with Crippen LogP contribution >= 0.6 is 11.6 Å². The maximum atomic E-state index is 12.7. The number of hydrogen-bond donors (Lipinski definition) is 2. The number of amides is 2. The number of carbonyl (C=O) groups is 2. The zero-order valence-corrected chi connectivity index (χ0v) is 14.5. The van der Waals surface area contributed by atoms with Crippen LogP contribution in [-0.2, 0) is 15.8 Å². The van der Waals surface area contributed by atoms with E-state index < -0.39 is 23.2 Å². The summed E-state index contributed by atoms with van der Waals surface area (Å²) >= 11 is 5.96. The highest BCUT2D eigenvalue weighted by Gasteiger charge is 2.50. The molecule has 0 radical (unpaired) electrons. The lowest BCUT2D eigenvalue weighted by molar-refractivity contribution is -0.137. The summed E-state index contributed by atoms with van der Waals surface area (Å²) < 4.78 is 38.1. The Bertz CT molecular complexity index is 729. The Labute approximate surface area is 152 Å². The molecule has 2 amide bonds. The van der Waals surface area contributed by atoms with Crippen molar-refractivity contribution >= 4 is 29.2 Å². The third kappa shape index (κ3) is 3.72. The molecular formula is C16H18ClF3N4O2. The molecule has 1 aromatic rings. The Hall–Kier alpha value is -2.03. The van der Waals surface area contributed by atoms with E-state index in [1.807, 2.05) is 0 Å². The number of rotatable bonds is 4. The summed E-state index contributed by atoms with van der Waals surface area (Å²) in [5.74, 6) is -0.748. The zero-order chi connectivity index (χ0) is 19.1.